The van der Waals surface area contributed by atoms with Gasteiger partial charge in [0, 0.05) is 11.3 Å². The molecular formula is C19H15NO5. The molecule has 1 fully saturated rings. The van der Waals surface area contributed by atoms with E-state index in [1.807, 2.05) is 30.3 Å². The molecule has 25 heavy (non-hydrogen) atoms. The summed E-state index contributed by atoms with van der Waals surface area (Å²) in [4.78, 5) is 25.4. The lowest BCUT2D eigenvalue weighted by Crippen LogP contribution is -2.57. The minimum Gasteiger partial charge on any atom is -0.470 e. The number of fused-ring (bicyclic) bond motifs is 2. The first-order valence-electron chi connectivity index (χ1n) is 8.22. The van der Waals surface area contributed by atoms with Crippen LogP contribution in [0.25, 0.3) is 0 Å². The van der Waals surface area contributed by atoms with Crippen LogP contribution in [-0.2, 0) is 11.4 Å². The van der Waals surface area contributed by atoms with E-state index in [-0.39, 0.29) is 24.0 Å². The molecule has 3 aliphatic rings. The lowest BCUT2D eigenvalue weighted by molar-refractivity contribution is -0.135. The van der Waals surface area contributed by atoms with Gasteiger partial charge in [0.25, 0.3) is 5.88 Å². The van der Waals surface area contributed by atoms with Crippen molar-refractivity contribution in [2.45, 2.75) is 31.0 Å². The summed E-state index contributed by atoms with van der Waals surface area (Å²) in [5, 5.41) is 14.9. The van der Waals surface area contributed by atoms with Crippen LogP contribution in [-0.4, -0.2) is 27.4 Å². The largest absolute Gasteiger partial charge is 0.470 e. The SMILES string of the molecule is O=C1C=CC[C@@]23C[C@H]2c2onc(OCc4ccccc4)c2C(=O)[C@@]13O. The lowest BCUT2D eigenvalue weighted by Gasteiger charge is -2.38. The average Bonchev–Trinajstić information content (AvgIpc) is 3.20. The summed E-state index contributed by atoms with van der Waals surface area (Å²) in [7, 11) is 0. The number of nitrogens with zero attached hydrogens (tertiary/aromatic N) is 1. The Balaban J connectivity index is 1.53. The maximum atomic E-state index is 13.0. The van der Waals surface area contributed by atoms with Gasteiger partial charge < -0.3 is 14.4 Å². The first-order valence-corrected chi connectivity index (χ1v) is 8.22. The molecule has 3 atom stereocenters. The van der Waals surface area contributed by atoms with Crippen LogP contribution < -0.4 is 4.74 Å². The summed E-state index contributed by atoms with van der Waals surface area (Å²) in [6, 6.07) is 9.45. The number of hydrogen-bond acceptors (Lipinski definition) is 6. The van der Waals surface area contributed by atoms with E-state index in [0.29, 0.717) is 18.6 Å². The summed E-state index contributed by atoms with van der Waals surface area (Å²) in [6.45, 7) is 0.217. The molecule has 1 saturated carbocycles. The van der Waals surface area contributed by atoms with Gasteiger partial charge in [-0.15, -0.1) is 0 Å². The van der Waals surface area contributed by atoms with Crippen molar-refractivity contribution in [1.29, 1.82) is 0 Å². The first-order chi connectivity index (χ1) is 12.1. The number of Topliss-reactive ketones (excluding diaryl/α,β-unsaturated/α-hetero) is 1. The minimum atomic E-state index is -2.03. The highest BCUT2D eigenvalue weighted by atomic mass is 16.5. The molecule has 1 spiro atoms. The highest BCUT2D eigenvalue weighted by molar-refractivity contribution is 6.24. The molecule has 2 aromatic rings. The number of hydrogen-bond donors (Lipinski definition) is 1. The van der Waals surface area contributed by atoms with Gasteiger partial charge >= 0.3 is 0 Å². The molecule has 1 aromatic heterocycles. The molecule has 0 amide bonds. The number of carbonyl (C=O) groups excluding carboxylic acids is 2. The van der Waals surface area contributed by atoms with Crippen molar-refractivity contribution in [3.05, 3.63) is 59.4 Å². The second-order valence-electron chi connectivity index (χ2n) is 6.92. The number of benzene rings is 1. The first kappa shape index (κ1) is 14.6. The topological polar surface area (TPSA) is 89.6 Å². The highest BCUT2D eigenvalue weighted by Gasteiger charge is 2.77. The standard InChI is InChI=1S/C19H15NO5/c21-13-7-4-8-18-9-12(18)15-14(16(22)19(13,18)23)17(20-25-15)24-10-11-5-2-1-3-6-11/h1-7,12,23H,8-10H2/t12-,18+,19-/m0/s1. The Morgan fingerprint density at radius 3 is 2.88 bits per heavy atom. The highest BCUT2D eigenvalue weighted by Crippen LogP contribution is 2.72. The number of ether oxygens (including phenoxy) is 1. The van der Waals surface area contributed by atoms with Crippen molar-refractivity contribution in [2.24, 2.45) is 5.41 Å². The molecule has 0 unspecified atom stereocenters. The van der Waals surface area contributed by atoms with E-state index in [1.54, 1.807) is 6.08 Å². The average molecular weight is 337 g/mol. The Kier molecular flexibility index (Phi) is 2.73. The normalized spacial score (nSPS) is 32.0. The maximum absolute atomic E-state index is 13.0. The van der Waals surface area contributed by atoms with Crippen molar-refractivity contribution in [3.63, 3.8) is 0 Å². The molecular weight excluding hydrogens is 322 g/mol. The third-order valence-corrected chi connectivity index (χ3v) is 5.68. The van der Waals surface area contributed by atoms with E-state index in [1.165, 1.54) is 6.08 Å². The molecule has 126 valence electrons. The Hall–Kier alpha value is -2.73. The third-order valence-electron chi connectivity index (χ3n) is 5.68. The Labute approximate surface area is 143 Å². The van der Waals surface area contributed by atoms with Gasteiger partial charge in [0.1, 0.15) is 12.2 Å². The molecule has 0 saturated heterocycles. The summed E-state index contributed by atoms with van der Waals surface area (Å²) in [6.07, 6.45) is 4.03. The zero-order valence-corrected chi connectivity index (χ0v) is 13.3. The number of allylic oxidation sites excluding steroid dienone is 1. The van der Waals surface area contributed by atoms with E-state index in [4.69, 9.17) is 9.26 Å². The summed E-state index contributed by atoms with van der Waals surface area (Å²) in [5.74, 6) is -0.927. The quantitative estimate of drug-likeness (QED) is 0.864. The van der Waals surface area contributed by atoms with E-state index >= 15 is 0 Å². The van der Waals surface area contributed by atoms with Crippen LogP contribution in [0, 0.1) is 5.41 Å². The van der Waals surface area contributed by atoms with Gasteiger partial charge in [0.2, 0.25) is 5.78 Å². The van der Waals surface area contributed by atoms with E-state index < -0.39 is 22.6 Å². The summed E-state index contributed by atoms with van der Waals surface area (Å²) < 4.78 is 11.0. The van der Waals surface area contributed by atoms with Crippen molar-refractivity contribution in [1.82, 2.24) is 5.16 Å². The van der Waals surface area contributed by atoms with Gasteiger partial charge in [-0.25, -0.2) is 0 Å². The zero-order valence-electron chi connectivity index (χ0n) is 13.3. The summed E-state index contributed by atoms with van der Waals surface area (Å²) >= 11 is 0. The third kappa shape index (κ3) is 1.69. The van der Waals surface area contributed by atoms with Crippen LogP contribution in [0.5, 0.6) is 5.88 Å². The van der Waals surface area contributed by atoms with Crippen LogP contribution in [0.3, 0.4) is 0 Å². The molecule has 0 aliphatic heterocycles. The van der Waals surface area contributed by atoms with Gasteiger partial charge in [0.05, 0.1) is 0 Å². The van der Waals surface area contributed by atoms with Gasteiger partial charge in [-0.05, 0) is 29.6 Å². The van der Waals surface area contributed by atoms with Gasteiger partial charge in [-0.1, -0.05) is 36.4 Å². The van der Waals surface area contributed by atoms with Crippen molar-refractivity contribution in [3.8, 4) is 5.88 Å². The molecule has 6 nitrogen and oxygen atoms in total. The van der Waals surface area contributed by atoms with Crippen molar-refractivity contribution < 1.29 is 24.0 Å². The second kappa shape index (κ2) is 4.67. The number of carbonyl (C=O) groups is 2. The molecule has 6 heteroatoms. The van der Waals surface area contributed by atoms with Gasteiger partial charge in [-0.3, -0.25) is 9.59 Å². The zero-order chi connectivity index (χ0) is 17.2. The predicted molar refractivity (Wildman–Crippen MR) is 85.1 cm³/mol. The van der Waals surface area contributed by atoms with Gasteiger partial charge in [0.15, 0.2) is 17.1 Å². The molecule has 1 N–H and O–H groups in total. The van der Waals surface area contributed by atoms with Crippen LogP contribution in [0.1, 0.15) is 40.4 Å². The van der Waals surface area contributed by atoms with Crippen LogP contribution in [0.2, 0.25) is 0 Å². The lowest BCUT2D eigenvalue weighted by atomic mass is 9.66. The number of ketones is 2. The fourth-order valence-electron chi connectivity index (χ4n) is 4.24. The molecule has 1 aromatic carbocycles. The second-order valence-corrected chi connectivity index (χ2v) is 6.92. The van der Waals surface area contributed by atoms with Crippen LogP contribution in [0.4, 0.5) is 0 Å². The Bertz CT molecular complexity index is 931. The maximum Gasteiger partial charge on any atom is 0.265 e. The van der Waals surface area contributed by atoms with E-state index in [9.17, 15) is 14.7 Å². The molecule has 0 radical (unpaired) electrons. The molecule has 5 rings (SSSR count). The van der Waals surface area contributed by atoms with Crippen molar-refractivity contribution >= 4 is 11.6 Å². The molecule has 0 bridgehead atoms. The number of aliphatic hydroxyl groups is 1. The Morgan fingerprint density at radius 1 is 1.28 bits per heavy atom. The van der Waals surface area contributed by atoms with Crippen LogP contribution in [0.15, 0.2) is 47.0 Å². The van der Waals surface area contributed by atoms with Crippen molar-refractivity contribution in [2.75, 3.05) is 0 Å². The molecule has 3 aliphatic carbocycles. The fourth-order valence-corrected chi connectivity index (χ4v) is 4.24. The molecule has 1 heterocycles. The monoisotopic (exact) mass is 337 g/mol. The Morgan fingerprint density at radius 2 is 2.08 bits per heavy atom. The summed E-state index contributed by atoms with van der Waals surface area (Å²) in [5.41, 5.74) is -1.78. The predicted octanol–water partition coefficient (Wildman–Crippen LogP) is 2.18. The smallest absolute Gasteiger partial charge is 0.265 e. The van der Waals surface area contributed by atoms with Gasteiger partial charge in [-0.2, -0.15) is 0 Å². The number of rotatable bonds is 3. The van der Waals surface area contributed by atoms with Crippen LogP contribution >= 0.6 is 0 Å². The number of aromatic nitrogens is 1. The van der Waals surface area contributed by atoms with E-state index in [0.717, 1.165) is 5.56 Å². The fraction of sp³-hybridized carbons (Fsp3) is 0.316. The minimum absolute atomic E-state index is 0.0418. The van der Waals surface area contributed by atoms with E-state index in [2.05, 4.69) is 5.16 Å².